The van der Waals surface area contributed by atoms with E-state index in [2.05, 4.69) is 26.1 Å². The molecular weight excluding hydrogens is 345 g/mol. The average Bonchev–Trinajstić information content (AvgIpc) is 2.81. The molecule has 0 bridgehead atoms. The second kappa shape index (κ2) is 4.55. The summed E-state index contributed by atoms with van der Waals surface area (Å²) in [6.45, 7) is 1.59. The van der Waals surface area contributed by atoms with Gasteiger partial charge in [-0.25, -0.2) is 0 Å². The molecule has 2 heterocycles. The van der Waals surface area contributed by atoms with Crippen LogP contribution >= 0.6 is 15.9 Å². The van der Waals surface area contributed by atoms with Crippen molar-refractivity contribution in [1.82, 2.24) is 14.8 Å². The van der Waals surface area contributed by atoms with Crippen LogP contribution in [0.1, 0.15) is 22.6 Å². The zero-order valence-corrected chi connectivity index (χ0v) is 12.0. The van der Waals surface area contributed by atoms with Gasteiger partial charge in [-0.15, -0.1) is 0 Å². The molecule has 1 aromatic heterocycles. The number of hydrogen-bond donors (Lipinski definition) is 1. The van der Waals surface area contributed by atoms with Crippen molar-refractivity contribution in [3.05, 3.63) is 15.9 Å². The predicted octanol–water partition coefficient (Wildman–Crippen LogP) is 1.57. The monoisotopic (exact) mass is 354 g/mol. The van der Waals surface area contributed by atoms with Crippen LogP contribution in [0.3, 0.4) is 0 Å². The smallest absolute Gasteiger partial charge is 0.362 e. The Hall–Kier alpha value is -1.42. The number of rotatable bonds is 1. The van der Waals surface area contributed by atoms with E-state index in [1.165, 1.54) is 7.05 Å². The third-order valence-electron chi connectivity index (χ3n) is 2.92. The predicted molar refractivity (Wildman–Crippen MR) is 65.9 cm³/mol. The maximum Gasteiger partial charge on any atom is 0.438 e. The lowest BCUT2D eigenvalue weighted by Gasteiger charge is -2.32. The first-order valence-electron chi connectivity index (χ1n) is 5.45. The highest BCUT2D eigenvalue weighted by molar-refractivity contribution is 9.10. The van der Waals surface area contributed by atoms with Gasteiger partial charge in [0.05, 0.1) is 10.2 Å². The van der Waals surface area contributed by atoms with Crippen molar-refractivity contribution in [3.8, 4) is 0 Å². The number of amides is 1. The standard InChI is InChI=1S/C10H10BrF3N4O2/c1-5-6(11)7(17(2)16-5)8(19)18-9(20,3-4-15-18)10(12,13)14/h4,20H,3H2,1-2H3. The molecule has 2 rings (SSSR count). The largest absolute Gasteiger partial charge is 0.438 e. The number of nitrogens with zero attached hydrogens (tertiary/aromatic N) is 4. The van der Waals surface area contributed by atoms with E-state index in [9.17, 15) is 23.1 Å². The highest BCUT2D eigenvalue weighted by Gasteiger charge is 2.62. The number of hydrogen-bond acceptors (Lipinski definition) is 4. The van der Waals surface area contributed by atoms with Gasteiger partial charge in [-0.1, -0.05) is 0 Å². The minimum atomic E-state index is -5.01. The van der Waals surface area contributed by atoms with Gasteiger partial charge in [0.2, 0.25) is 0 Å². The fraction of sp³-hybridized carbons (Fsp3) is 0.500. The SMILES string of the molecule is Cc1nn(C)c(C(=O)N2N=CCC2(O)C(F)(F)F)c1Br. The molecule has 0 spiro atoms. The summed E-state index contributed by atoms with van der Waals surface area (Å²) in [5.74, 6) is -1.09. The summed E-state index contributed by atoms with van der Waals surface area (Å²) in [6, 6.07) is 0. The molecule has 0 aromatic carbocycles. The molecule has 110 valence electrons. The fourth-order valence-corrected chi connectivity index (χ4v) is 2.36. The molecule has 0 fully saturated rings. The molecule has 0 saturated heterocycles. The van der Waals surface area contributed by atoms with E-state index >= 15 is 0 Å². The zero-order valence-electron chi connectivity index (χ0n) is 10.4. The summed E-state index contributed by atoms with van der Waals surface area (Å²) in [6.07, 6.45) is -4.97. The first kappa shape index (κ1) is 15.0. The van der Waals surface area contributed by atoms with Crippen molar-refractivity contribution in [3.63, 3.8) is 0 Å². The second-order valence-electron chi connectivity index (χ2n) is 4.31. The van der Waals surface area contributed by atoms with E-state index in [1.54, 1.807) is 6.92 Å². The molecule has 10 heteroatoms. The summed E-state index contributed by atoms with van der Waals surface area (Å²) in [7, 11) is 1.41. The molecule has 1 atom stereocenters. The Balaban J connectivity index is 2.46. The van der Waals surface area contributed by atoms with Crippen LogP contribution in [0.5, 0.6) is 0 Å². The van der Waals surface area contributed by atoms with Crippen LogP contribution in [0.2, 0.25) is 0 Å². The van der Waals surface area contributed by atoms with Crippen molar-refractivity contribution < 1.29 is 23.1 Å². The normalized spacial score (nSPS) is 22.6. The molecule has 0 radical (unpaired) electrons. The van der Waals surface area contributed by atoms with E-state index < -0.39 is 24.2 Å². The van der Waals surface area contributed by atoms with Crippen molar-refractivity contribution in [2.45, 2.75) is 25.2 Å². The van der Waals surface area contributed by atoms with E-state index in [0.717, 1.165) is 10.9 Å². The number of carbonyl (C=O) groups excluding carboxylic acids is 1. The maximum atomic E-state index is 12.9. The quantitative estimate of drug-likeness (QED) is 0.832. The summed E-state index contributed by atoms with van der Waals surface area (Å²) in [4.78, 5) is 12.2. The molecule has 1 aliphatic rings. The Bertz CT molecular complexity index is 598. The van der Waals surface area contributed by atoms with Crippen LogP contribution in [0, 0.1) is 6.92 Å². The molecule has 1 amide bonds. The Morgan fingerprint density at radius 2 is 2.15 bits per heavy atom. The number of aryl methyl sites for hydroxylation is 2. The summed E-state index contributed by atoms with van der Waals surface area (Å²) in [5.41, 5.74) is -3.01. The molecule has 1 aromatic rings. The van der Waals surface area contributed by atoms with Crippen LogP contribution in [-0.2, 0) is 7.05 Å². The van der Waals surface area contributed by atoms with Crippen molar-refractivity contribution in [1.29, 1.82) is 0 Å². The lowest BCUT2D eigenvalue weighted by molar-refractivity contribution is -0.297. The summed E-state index contributed by atoms with van der Waals surface area (Å²) >= 11 is 3.09. The van der Waals surface area contributed by atoms with E-state index in [0.29, 0.717) is 5.69 Å². The van der Waals surface area contributed by atoms with Gasteiger partial charge in [-0.3, -0.25) is 9.48 Å². The molecule has 6 nitrogen and oxygen atoms in total. The maximum absolute atomic E-state index is 12.9. The Morgan fingerprint density at radius 3 is 2.60 bits per heavy atom. The Kier molecular flexibility index (Phi) is 3.41. The molecule has 0 aliphatic carbocycles. The first-order chi connectivity index (χ1) is 9.09. The molecule has 1 aliphatic heterocycles. The van der Waals surface area contributed by atoms with Crippen LogP contribution in [0.4, 0.5) is 13.2 Å². The van der Waals surface area contributed by atoms with Crippen LogP contribution in [-0.4, -0.2) is 43.9 Å². The third kappa shape index (κ3) is 2.03. The Labute approximate surface area is 120 Å². The third-order valence-corrected chi connectivity index (χ3v) is 3.87. The van der Waals surface area contributed by atoms with Crippen LogP contribution in [0.25, 0.3) is 0 Å². The van der Waals surface area contributed by atoms with Gasteiger partial charge in [-0.05, 0) is 22.9 Å². The molecular formula is C10H10BrF3N4O2. The van der Waals surface area contributed by atoms with E-state index in [4.69, 9.17) is 0 Å². The minimum Gasteiger partial charge on any atom is -0.362 e. The van der Waals surface area contributed by atoms with Crippen molar-refractivity contribution in [2.24, 2.45) is 12.1 Å². The lowest BCUT2D eigenvalue weighted by Crippen LogP contribution is -2.56. The van der Waals surface area contributed by atoms with E-state index in [-0.39, 0.29) is 15.2 Å². The number of hydrazone groups is 1. The van der Waals surface area contributed by atoms with Gasteiger partial charge in [-0.2, -0.15) is 28.4 Å². The van der Waals surface area contributed by atoms with Crippen molar-refractivity contribution in [2.75, 3.05) is 0 Å². The van der Waals surface area contributed by atoms with Crippen LogP contribution < -0.4 is 0 Å². The van der Waals surface area contributed by atoms with Gasteiger partial charge in [0, 0.05) is 19.7 Å². The molecule has 0 saturated carbocycles. The highest BCUT2D eigenvalue weighted by Crippen LogP contribution is 2.39. The van der Waals surface area contributed by atoms with Gasteiger partial charge < -0.3 is 5.11 Å². The average molecular weight is 355 g/mol. The number of alkyl halides is 3. The first-order valence-corrected chi connectivity index (χ1v) is 6.24. The molecule has 1 N–H and O–H groups in total. The van der Waals surface area contributed by atoms with Gasteiger partial charge >= 0.3 is 6.18 Å². The van der Waals surface area contributed by atoms with E-state index in [1.807, 2.05) is 0 Å². The second-order valence-corrected chi connectivity index (χ2v) is 5.10. The van der Waals surface area contributed by atoms with Gasteiger partial charge in [0.1, 0.15) is 5.69 Å². The zero-order chi connectivity index (χ0) is 15.3. The van der Waals surface area contributed by atoms with Crippen LogP contribution in [0.15, 0.2) is 9.57 Å². The summed E-state index contributed by atoms with van der Waals surface area (Å²) in [5, 5.41) is 17.0. The number of aliphatic hydroxyl groups is 1. The fourth-order valence-electron chi connectivity index (χ4n) is 1.85. The minimum absolute atomic E-state index is 0.0359. The number of aromatic nitrogens is 2. The Morgan fingerprint density at radius 1 is 1.55 bits per heavy atom. The van der Waals surface area contributed by atoms with Crippen molar-refractivity contribution >= 4 is 28.1 Å². The molecule has 20 heavy (non-hydrogen) atoms. The highest BCUT2D eigenvalue weighted by atomic mass is 79.9. The topological polar surface area (TPSA) is 70.7 Å². The van der Waals surface area contributed by atoms with Gasteiger partial charge in [0.15, 0.2) is 0 Å². The van der Waals surface area contributed by atoms with Gasteiger partial charge in [0.25, 0.3) is 11.6 Å². The number of carbonyl (C=O) groups is 1. The lowest BCUT2D eigenvalue weighted by atomic mass is 10.1. The summed E-state index contributed by atoms with van der Waals surface area (Å²) < 4.78 is 40.2. The molecule has 1 unspecified atom stereocenters. The number of halogens is 4.